The minimum Gasteiger partial charge on any atom is -0.294 e. The summed E-state index contributed by atoms with van der Waals surface area (Å²) in [4.78, 5) is 19.0. The number of carbonyl (C=O) groups is 1. The predicted octanol–water partition coefficient (Wildman–Crippen LogP) is 5.51. The van der Waals surface area contributed by atoms with Crippen molar-refractivity contribution < 1.29 is 22.4 Å². The highest BCUT2D eigenvalue weighted by Crippen LogP contribution is 2.30. The van der Waals surface area contributed by atoms with Crippen molar-refractivity contribution in [3.63, 3.8) is 0 Å². The Morgan fingerprint density at radius 1 is 0.929 bits per heavy atom. The number of aromatic nitrogens is 2. The van der Waals surface area contributed by atoms with Crippen LogP contribution in [0.5, 0.6) is 0 Å². The van der Waals surface area contributed by atoms with E-state index in [1.54, 1.807) is 6.07 Å². The van der Waals surface area contributed by atoms with Crippen molar-refractivity contribution in [2.24, 2.45) is 0 Å². The molecule has 0 aliphatic rings. The van der Waals surface area contributed by atoms with Crippen molar-refractivity contribution in [1.82, 2.24) is 9.97 Å². The molecule has 28 heavy (non-hydrogen) atoms. The summed E-state index contributed by atoms with van der Waals surface area (Å²) in [5, 5.41) is 0. The normalized spacial score (nSPS) is 11.4. The van der Waals surface area contributed by atoms with Crippen LogP contribution in [0.1, 0.15) is 34.5 Å². The highest BCUT2D eigenvalue weighted by Gasteiger charge is 2.36. The van der Waals surface area contributed by atoms with Crippen LogP contribution in [0.4, 0.5) is 17.6 Å². The SMILES string of the molecule is O=C(CCCc1ccc(-c2ccnc(F)c2)cc1)c1cccnc1C(F)(F)F. The highest BCUT2D eigenvalue weighted by molar-refractivity contribution is 5.97. The minimum absolute atomic E-state index is 0.00785. The summed E-state index contributed by atoms with van der Waals surface area (Å²) in [5.74, 6) is -1.14. The molecule has 0 radical (unpaired) electrons. The molecule has 3 rings (SSSR count). The first-order chi connectivity index (χ1) is 13.3. The van der Waals surface area contributed by atoms with Crippen LogP contribution < -0.4 is 0 Å². The number of carbonyl (C=O) groups excluding carboxylic acids is 1. The first kappa shape index (κ1) is 19.7. The van der Waals surface area contributed by atoms with Crippen molar-refractivity contribution in [3.8, 4) is 11.1 Å². The van der Waals surface area contributed by atoms with Gasteiger partial charge >= 0.3 is 6.18 Å². The van der Waals surface area contributed by atoms with Gasteiger partial charge in [-0.1, -0.05) is 24.3 Å². The molecular weight excluding hydrogens is 372 g/mol. The number of pyridine rings is 2. The van der Waals surface area contributed by atoms with E-state index in [4.69, 9.17) is 0 Å². The zero-order chi connectivity index (χ0) is 20.1. The van der Waals surface area contributed by atoms with Gasteiger partial charge in [-0.05, 0) is 47.7 Å². The van der Waals surface area contributed by atoms with E-state index in [-0.39, 0.29) is 6.42 Å². The lowest BCUT2D eigenvalue weighted by atomic mass is 9.99. The van der Waals surface area contributed by atoms with E-state index >= 15 is 0 Å². The molecular formula is C21H16F4N2O. The zero-order valence-electron chi connectivity index (χ0n) is 14.7. The molecule has 0 atom stereocenters. The second-order valence-corrected chi connectivity index (χ2v) is 6.24. The molecule has 0 bridgehead atoms. The second kappa shape index (κ2) is 8.29. The lowest BCUT2D eigenvalue weighted by molar-refractivity contribution is -0.141. The van der Waals surface area contributed by atoms with E-state index < -0.39 is 29.2 Å². The van der Waals surface area contributed by atoms with Gasteiger partial charge in [-0.25, -0.2) is 4.98 Å². The van der Waals surface area contributed by atoms with Crippen molar-refractivity contribution in [2.45, 2.75) is 25.4 Å². The quantitative estimate of drug-likeness (QED) is 0.318. The number of Topliss-reactive ketones (excluding diaryl/α,β-unsaturated/α-hetero) is 1. The number of ketones is 1. The molecule has 0 N–H and O–H groups in total. The minimum atomic E-state index is -4.66. The molecule has 144 valence electrons. The molecule has 2 aromatic heterocycles. The Kier molecular flexibility index (Phi) is 5.82. The van der Waals surface area contributed by atoms with Crippen molar-refractivity contribution in [3.05, 3.63) is 83.7 Å². The molecule has 0 saturated carbocycles. The van der Waals surface area contributed by atoms with E-state index in [0.29, 0.717) is 18.4 Å². The topological polar surface area (TPSA) is 42.9 Å². The Labute approximate surface area is 159 Å². The summed E-state index contributed by atoms with van der Waals surface area (Å²) >= 11 is 0. The molecule has 0 spiro atoms. The first-order valence-corrected chi connectivity index (χ1v) is 8.61. The molecule has 0 saturated heterocycles. The van der Waals surface area contributed by atoms with Crippen molar-refractivity contribution in [1.29, 1.82) is 0 Å². The molecule has 0 aliphatic carbocycles. The lowest BCUT2D eigenvalue weighted by Gasteiger charge is -2.10. The van der Waals surface area contributed by atoms with Crippen LogP contribution in [-0.4, -0.2) is 15.8 Å². The fourth-order valence-corrected chi connectivity index (χ4v) is 2.89. The maximum atomic E-state index is 13.2. The Morgan fingerprint density at radius 3 is 2.36 bits per heavy atom. The number of hydrogen-bond acceptors (Lipinski definition) is 3. The first-order valence-electron chi connectivity index (χ1n) is 8.61. The maximum absolute atomic E-state index is 13.2. The Balaban J connectivity index is 1.61. The fraction of sp³-hybridized carbons (Fsp3) is 0.190. The summed E-state index contributed by atoms with van der Waals surface area (Å²) in [6.45, 7) is 0. The van der Waals surface area contributed by atoms with Gasteiger partial charge in [0.2, 0.25) is 5.95 Å². The van der Waals surface area contributed by atoms with Crippen LogP contribution in [0.2, 0.25) is 0 Å². The van der Waals surface area contributed by atoms with Crippen LogP contribution in [-0.2, 0) is 12.6 Å². The third-order valence-electron chi connectivity index (χ3n) is 4.26. The molecule has 0 aliphatic heterocycles. The Morgan fingerprint density at radius 2 is 1.68 bits per heavy atom. The van der Waals surface area contributed by atoms with Gasteiger partial charge in [0.1, 0.15) is 0 Å². The van der Waals surface area contributed by atoms with E-state index in [9.17, 15) is 22.4 Å². The van der Waals surface area contributed by atoms with Gasteiger partial charge < -0.3 is 0 Å². The van der Waals surface area contributed by atoms with Crippen molar-refractivity contribution >= 4 is 5.78 Å². The third kappa shape index (κ3) is 4.79. The van der Waals surface area contributed by atoms with Gasteiger partial charge in [-0.15, -0.1) is 0 Å². The molecule has 2 heterocycles. The Bertz CT molecular complexity index is 969. The molecule has 3 aromatic rings. The third-order valence-corrected chi connectivity index (χ3v) is 4.26. The molecule has 0 amide bonds. The number of aryl methyl sites for hydroxylation is 1. The van der Waals surface area contributed by atoms with Gasteiger partial charge in [0, 0.05) is 30.4 Å². The van der Waals surface area contributed by atoms with Crippen LogP contribution in [0, 0.1) is 5.95 Å². The monoisotopic (exact) mass is 388 g/mol. The average molecular weight is 388 g/mol. The summed E-state index contributed by atoms with van der Waals surface area (Å²) in [6.07, 6.45) is -1.30. The number of hydrogen-bond donors (Lipinski definition) is 0. The highest BCUT2D eigenvalue weighted by atomic mass is 19.4. The molecule has 0 unspecified atom stereocenters. The Hall–Kier alpha value is -3.09. The van der Waals surface area contributed by atoms with Crippen LogP contribution >= 0.6 is 0 Å². The standard InChI is InChI=1S/C21H16F4N2O/c22-19-13-16(10-12-26-19)15-8-6-14(7-9-15)3-1-5-18(28)17-4-2-11-27-20(17)21(23,24)25/h2,4,6-13H,1,3,5H2. The van der Waals surface area contributed by atoms with Gasteiger partial charge in [0.05, 0.1) is 0 Å². The van der Waals surface area contributed by atoms with E-state index in [1.165, 1.54) is 18.3 Å². The van der Waals surface area contributed by atoms with Gasteiger partial charge in [-0.2, -0.15) is 17.6 Å². The molecule has 1 aromatic carbocycles. The summed E-state index contributed by atoms with van der Waals surface area (Å²) < 4.78 is 52.1. The largest absolute Gasteiger partial charge is 0.434 e. The predicted molar refractivity (Wildman–Crippen MR) is 96.1 cm³/mol. The fourth-order valence-electron chi connectivity index (χ4n) is 2.89. The van der Waals surface area contributed by atoms with E-state index in [0.717, 1.165) is 23.4 Å². The molecule has 0 fully saturated rings. The maximum Gasteiger partial charge on any atom is 0.434 e. The number of rotatable bonds is 6. The number of nitrogens with zero attached hydrogens (tertiary/aromatic N) is 2. The van der Waals surface area contributed by atoms with Crippen LogP contribution in [0.3, 0.4) is 0 Å². The summed E-state index contributed by atoms with van der Waals surface area (Å²) in [7, 11) is 0. The number of halogens is 4. The smallest absolute Gasteiger partial charge is 0.294 e. The number of alkyl halides is 3. The lowest BCUT2D eigenvalue weighted by Crippen LogP contribution is -2.15. The van der Waals surface area contributed by atoms with Gasteiger partial charge in [0.15, 0.2) is 11.5 Å². The zero-order valence-corrected chi connectivity index (χ0v) is 14.7. The second-order valence-electron chi connectivity index (χ2n) is 6.24. The van der Waals surface area contributed by atoms with E-state index in [1.807, 2.05) is 24.3 Å². The van der Waals surface area contributed by atoms with Crippen molar-refractivity contribution in [2.75, 3.05) is 0 Å². The van der Waals surface area contributed by atoms with Gasteiger partial charge in [0.25, 0.3) is 0 Å². The van der Waals surface area contributed by atoms with Gasteiger partial charge in [-0.3, -0.25) is 9.78 Å². The number of benzene rings is 1. The average Bonchev–Trinajstić information content (AvgIpc) is 2.68. The summed E-state index contributed by atoms with van der Waals surface area (Å²) in [6, 6.07) is 12.9. The van der Waals surface area contributed by atoms with Crippen LogP contribution in [0.25, 0.3) is 11.1 Å². The van der Waals surface area contributed by atoms with E-state index in [2.05, 4.69) is 9.97 Å². The summed E-state index contributed by atoms with van der Waals surface area (Å²) in [5.41, 5.74) is 0.920. The molecule has 7 heteroatoms. The molecule has 3 nitrogen and oxygen atoms in total. The van der Waals surface area contributed by atoms with Crippen LogP contribution in [0.15, 0.2) is 60.9 Å².